The minimum absolute atomic E-state index is 0.255. The summed E-state index contributed by atoms with van der Waals surface area (Å²) in [6, 6.07) is 4.26. The Kier molecular flexibility index (Phi) is 2.06. The maximum absolute atomic E-state index is 12.8. The van der Waals surface area contributed by atoms with Crippen LogP contribution in [0.5, 0.6) is 0 Å². The van der Waals surface area contributed by atoms with Crippen LogP contribution in [0, 0.1) is 5.82 Å². The van der Waals surface area contributed by atoms with Crippen molar-refractivity contribution in [2.24, 2.45) is 5.73 Å². The summed E-state index contributed by atoms with van der Waals surface area (Å²) < 4.78 is 12.8. The van der Waals surface area contributed by atoms with E-state index in [1.54, 1.807) is 6.07 Å². The van der Waals surface area contributed by atoms with Gasteiger partial charge in [-0.3, -0.25) is 0 Å². The van der Waals surface area contributed by atoms with E-state index in [-0.39, 0.29) is 11.9 Å². The predicted octanol–water partition coefficient (Wildman–Crippen LogP) is 1.13. The zero-order chi connectivity index (χ0) is 9.42. The molecule has 0 radical (unpaired) electrons. The van der Waals surface area contributed by atoms with Gasteiger partial charge in [-0.1, -0.05) is 6.07 Å². The van der Waals surface area contributed by atoms with Crippen LogP contribution in [0.15, 0.2) is 18.2 Å². The van der Waals surface area contributed by atoms with Crippen LogP contribution in [0.3, 0.4) is 0 Å². The Labute approximate surface area is 76.2 Å². The van der Waals surface area contributed by atoms with Crippen LogP contribution in [0.1, 0.15) is 23.7 Å². The molecule has 0 saturated carbocycles. The van der Waals surface area contributed by atoms with Gasteiger partial charge in [0.05, 0.1) is 6.10 Å². The number of aliphatic hydroxyl groups is 1. The Morgan fingerprint density at radius 2 is 2.23 bits per heavy atom. The standard InChI is InChI=1S/C10H12FNO/c11-7-3-1-6-2-4-9(12)10(13)8(6)5-7/h1,3,5,9-10,13H,2,4,12H2. The van der Waals surface area contributed by atoms with E-state index in [9.17, 15) is 9.50 Å². The molecule has 1 aromatic rings. The molecule has 0 aromatic heterocycles. The summed E-state index contributed by atoms with van der Waals surface area (Å²) in [7, 11) is 0. The van der Waals surface area contributed by atoms with Crippen molar-refractivity contribution in [1.29, 1.82) is 0 Å². The number of halogens is 1. The zero-order valence-electron chi connectivity index (χ0n) is 7.20. The lowest BCUT2D eigenvalue weighted by Gasteiger charge is -2.27. The van der Waals surface area contributed by atoms with Gasteiger partial charge in [-0.15, -0.1) is 0 Å². The second-order valence-corrected chi connectivity index (χ2v) is 3.49. The molecule has 0 fully saturated rings. The lowest BCUT2D eigenvalue weighted by atomic mass is 9.86. The number of nitrogens with two attached hydrogens (primary N) is 1. The van der Waals surface area contributed by atoms with Crippen molar-refractivity contribution in [1.82, 2.24) is 0 Å². The Hall–Kier alpha value is -0.930. The first-order valence-electron chi connectivity index (χ1n) is 4.40. The highest BCUT2D eigenvalue weighted by atomic mass is 19.1. The van der Waals surface area contributed by atoms with Crippen LogP contribution < -0.4 is 5.73 Å². The highest BCUT2D eigenvalue weighted by Gasteiger charge is 2.24. The number of fused-ring (bicyclic) bond motifs is 1. The fraction of sp³-hybridized carbons (Fsp3) is 0.400. The smallest absolute Gasteiger partial charge is 0.123 e. The molecule has 0 saturated heterocycles. The minimum Gasteiger partial charge on any atom is -0.387 e. The molecule has 0 heterocycles. The second-order valence-electron chi connectivity index (χ2n) is 3.49. The molecule has 13 heavy (non-hydrogen) atoms. The average molecular weight is 181 g/mol. The molecule has 2 rings (SSSR count). The third-order valence-electron chi connectivity index (χ3n) is 2.58. The summed E-state index contributed by atoms with van der Waals surface area (Å²) >= 11 is 0. The van der Waals surface area contributed by atoms with E-state index in [0.29, 0.717) is 5.56 Å². The summed E-state index contributed by atoms with van der Waals surface area (Å²) in [5.74, 6) is -0.313. The molecule has 2 nitrogen and oxygen atoms in total. The molecule has 1 aliphatic carbocycles. The van der Waals surface area contributed by atoms with Crippen molar-refractivity contribution in [2.75, 3.05) is 0 Å². The summed E-state index contributed by atoms with van der Waals surface area (Å²) in [6.07, 6.45) is 0.882. The number of hydrogen-bond donors (Lipinski definition) is 2. The summed E-state index contributed by atoms with van der Waals surface area (Å²) in [6.45, 7) is 0. The number of benzene rings is 1. The van der Waals surface area contributed by atoms with Crippen LogP contribution in [-0.2, 0) is 6.42 Å². The average Bonchev–Trinajstić information content (AvgIpc) is 2.12. The lowest BCUT2D eigenvalue weighted by molar-refractivity contribution is 0.133. The van der Waals surface area contributed by atoms with Gasteiger partial charge in [-0.05, 0) is 36.1 Å². The Morgan fingerprint density at radius 1 is 1.46 bits per heavy atom. The predicted molar refractivity (Wildman–Crippen MR) is 47.7 cm³/mol. The molecule has 0 amide bonds. The fourth-order valence-corrected chi connectivity index (χ4v) is 1.78. The van der Waals surface area contributed by atoms with Crippen molar-refractivity contribution in [3.63, 3.8) is 0 Å². The molecular formula is C10H12FNO. The SMILES string of the molecule is NC1CCc2ccc(F)cc2C1O. The first-order chi connectivity index (χ1) is 6.18. The van der Waals surface area contributed by atoms with Crippen LogP contribution in [0.4, 0.5) is 4.39 Å². The lowest BCUT2D eigenvalue weighted by Crippen LogP contribution is -2.33. The normalized spacial score (nSPS) is 27.0. The van der Waals surface area contributed by atoms with Crippen LogP contribution in [-0.4, -0.2) is 11.1 Å². The highest BCUT2D eigenvalue weighted by molar-refractivity contribution is 5.33. The molecule has 0 aliphatic heterocycles. The van der Waals surface area contributed by atoms with Crippen molar-refractivity contribution < 1.29 is 9.50 Å². The van der Waals surface area contributed by atoms with E-state index in [1.165, 1.54) is 12.1 Å². The van der Waals surface area contributed by atoms with E-state index in [2.05, 4.69) is 0 Å². The number of aliphatic hydroxyl groups excluding tert-OH is 1. The van der Waals surface area contributed by atoms with Crippen LogP contribution in [0.25, 0.3) is 0 Å². The number of rotatable bonds is 0. The van der Waals surface area contributed by atoms with Gasteiger partial charge in [-0.2, -0.15) is 0 Å². The Morgan fingerprint density at radius 3 is 3.00 bits per heavy atom. The van der Waals surface area contributed by atoms with Crippen molar-refractivity contribution in [3.05, 3.63) is 35.1 Å². The molecule has 1 aliphatic rings. The van der Waals surface area contributed by atoms with Gasteiger partial charge in [0.2, 0.25) is 0 Å². The van der Waals surface area contributed by atoms with Crippen molar-refractivity contribution in [2.45, 2.75) is 25.0 Å². The van der Waals surface area contributed by atoms with Gasteiger partial charge in [0.1, 0.15) is 5.82 Å². The monoisotopic (exact) mass is 181 g/mol. The molecule has 3 N–H and O–H groups in total. The topological polar surface area (TPSA) is 46.2 Å². The largest absolute Gasteiger partial charge is 0.387 e. The number of hydrogen-bond acceptors (Lipinski definition) is 2. The fourth-order valence-electron chi connectivity index (χ4n) is 1.78. The molecule has 70 valence electrons. The van der Waals surface area contributed by atoms with E-state index >= 15 is 0 Å². The van der Waals surface area contributed by atoms with E-state index < -0.39 is 6.10 Å². The van der Waals surface area contributed by atoms with Crippen molar-refractivity contribution in [3.8, 4) is 0 Å². The maximum Gasteiger partial charge on any atom is 0.123 e. The zero-order valence-corrected chi connectivity index (χ0v) is 7.20. The highest BCUT2D eigenvalue weighted by Crippen LogP contribution is 2.29. The molecule has 2 atom stereocenters. The van der Waals surface area contributed by atoms with Gasteiger partial charge >= 0.3 is 0 Å². The van der Waals surface area contributed by atoms with Gasteiger partial charge in [0.25, 0.3) is 0 Å². The molecule has 3 heteroatoms. The first kappa shape index (κ1) is 8.66. The third kappa shape index (κ3) is 1.45. The summed E-state index contributed by atoms with van der Waals surface area (Å²) in [4.78, 5) is 0. The van der Waals surface area contributed by atoms with Gasteiger partial charge < -0.3 is 10.8 Å². The Bertz CT molecular complexity index is 327. The molecule has 0 spiro atoms. The maximum atomic E-state index is 12.8. The van der Waals surface area contributed by atoms with Crippen LogP contribution >= 0.6 is 0 Å². The summed E-state index contributed by atoms with van der Waals surface area (Å²) in [5, 5.41) is 9.66. The van der Waals surface area contributed by atoms with E-state index in [4.69, 9.17) is 5.73 Å². The van der Waals surface area contributed by atoms with Gasteiger partial charge in [0, 0.05) is 6.04 Å². The molecule has 0 bridgehead atoms. The molecule has 1 aromatic carbocycles. The van der Waals surface area contributed by atoms with E-state index in [1.807, 2.05) is 0 Å². The second kappa shape index (κ2) is 3.09. The summed E-state index contributed by atoms with van der Waals surface area (Å²) in [5.41, 5.74) is 7.33. The van der Waals surface area contributed by atoms with Crippen LogP contribution in [0.2, 0.25) is 0 Å². The van der Waals surface area contributed by atoms with E-state index in [0.717, 1.165) is 18.4 Å². The third-order valence-corrected chi connectivity index (χ3v) is 2.58. The quantitative estimate of drug-likeness (QED) is 0.630. The Balaban J connectivity index is 2.45. The molecular weight excluding hydrogens is 169 g/mol. The van der Waals surface area contributed by atoms with Crippen molar-refractivity contribution >= 4 is 0 Å². The number of aryl methyl sites for hydroxylation is 1. The van der Waals surface area contributed by atoms with Gasteiger partial charge in [-0.25, -0.2) is 4.39 Å². The molecule has 2 unspecified atom stereocenters. The minimum atomic E-state index is -0.709. The first-order valence-corrected chi connectivity index (χ1v) is 4.40. The van der Waals surface area contributed by atoms with Gasteiger partial charge in [0.15, 0.2) is 0 Å².